The molecule has 7 nitrogen and oxygen atoms in total. The van der Waals surface area contributed by atoms with Crippen LogP contribution in [0.25, 0.3) is 0 Å². The summed E-state index contributed by atoms with van der Waals surface area (Å²) in [4.78, 5) is 22.5. The Morgan fingerprint density at radius 3 is 2.90 bits per heavy atom. The van der Waals surface area contributed by atoms with E-state index in [4.69, 9.17) is 14.2 Å². The summed E-state index contributed by atoms with van der Waals surface area (Å²) in [7, 11) is 0. The number of ether oxygens (including phenoxy) is 3. The van der Waals surface area contributed by atoms with Crippen molar-refractivity contribution in [2.75, 3.05) is 39.6 Å². The average Bonchev–Trinajstić information content (AvgIpc) is 3.36. The third kappa shape index (κ3) is 3.46. The maximum Gasteiger partial charge on any atom is 0.256 e. The predicted molar refractivity (Wildman–Crippen MR) is 113 cm³/mol. The third-order valence-corrected chi connectivity index (χ3v) is 6.94. The molecule has 0 N–H and O–H groups in total. The number of amides is 1. The Balaban J connectivity index is 1.29. The van der Waals surface area contributed by atoms with Crippen LogP contribution in [0.1, 0.15) is 29.9 Å². The summed E-state index contributed by atoms with van der Waals surface area (Å²) in [5, 5.41) is 0. The number of morpholine rings is 1. The second-order valence-corrected chi connectivity index (χ2v) is 9.13. The van der Waals surface area contributed by atoms with Gasteiger partial charge in [-0.15, -0.1) is 0 Å². The number of hydrogen-bond donors (Lipinski definition) is 0. The Bertz CT molecular complexity index is 980. The summed E-state index contributed by atoms with van der Waals surface area (Å²) in [6, 6.07) is 10.1. The number of rotatable bonds is 5. The van der Waals surface area contributed by atoms with Crippen molar-refractivity contribution < 1.29 is 19.0 Å². The maximum atomic E-state index is 13.8. The van der Waals surface area contributed by atoms with E-state index in [-0.39, 0.29) is 18.6 Å². The largest absolute Gasteiger partial charge is 0.454 e. The Kier molecular flexibility index (Phi) is 4.61. The fraction of sp³-hybridized carbons (Fsp3) is 0.500. The van der Waals surface area contributed by atoms with Gasteiger partial charge in [0.25, 0.3) is 5.91 Å². The van der Waals surface area contributed by atoms with Gasteiger partial charge in [-0.3, -0.25) is 14.7 Å². The van der Waals surface area contributed by atoms with Crippen molar-refractivity contribution in [1.82, 2.24) is 14.8 Å². The van der Waals surface area contributed by atoms with Crippen molar-refractivity contribution in [3.05, 3.63) is 53.9 Å². The van der Waals surface area contributed by atoms with E-state index in [1.165, 1.54) is 12.8 Å². The number of likely N-dealkylation sites (tertiary alicyclic amines) is 1. The van der Waals surface area contributed by atoms with Crippen LogP contribution < -0.4 is 9.47 Å². The fourth-order valence-corrected chi connectivity index (χ4v) is 5.21. The Labute approximate surface area is 181 Å². The van der Waals surface area contributed by atoms with E-state index in [0.29, 0.717) is 25.6 Å². The quantitative estimate of drug-likeness (QED) is 0.739. The number of aromatic nitrogens is 1. The predicted octanol–water partition coefficient (Wildman–Crippen LogP) is 2.42. The van der Waals surface area contributed by atoms with Crippen molar-refractivity contribution in [1.29, 1.82) is 0 Å². The molecule has 1 saturated carbocycles. The van der Waals surface area contributed by atoms with Crippen LogP contribution in [0, 0.1) is 5.92 Å². The van der Waals surface area contributed by atoms with Crippen LogP contribution in [-0.2, 0) is 16.1 Å². The van der Waals surface area contributed by atoms with Crippen LogP contribution in [-0.4, -0.2) is 65.9 Å². The van der Waals surface area contributed by atoms with Crippen LogP contribution in [0.3, 0.4) is 0 Å². The maximum absolute atomic E-state index is 13.8. The molecule has 3 aliphatic heterocycles. The number of hydrogen-bond acceptors (Lipinski definition) is 6. The molecule has 1 aliphatic carbocycles. The Morgan fingerprint density at radius 2 is 2.06 bits per heavy atom. The molecule has 0 unspecified atom stereocenters. The molecular weight excluding hydrogens is 394 g/mol. The first-order valence-electron chi connectivity index (χ1n) is 11.2. The monoisotopic (exact) mass is 421 g/mol. The lowest BCUT2D eigenvalue weighted by Gasteiger charge is -2.42. The minimum atomic E-state index is -0.841. The molecule has 162 valence electrons. The lowest BCUT2D eigenvalue weighted by atomic mass is 9.83. The average molecular weight is 421 g/mol. The van der Waals surface area contributed by atoms with Crippen molar-refractivity contribution in [3.63, 3.8) is 0 Å². The van der Waals surface area contributed by atoms with Gasteiger partial charge in [0.05, 0.1) is 6.61 Å². The van der Waals surface area contributed by atoms with E-state index < -0.39 is 5.60 Å². The highest BCUT2D eigenvalue weighted by Gasteiger charge is 2.57. The Hall–Kier alpha value is -2.64. The first-order chi connectivity index (χ1) is 15.2. The molecule has 1 aromatic carbocycles. The molecule has 4 heterocycles. The van der Waals surface area contributed by atoms with Gasteiger partial charge in [0, 0.05) is 51.0 Å². The zero-order valence-electron chi connectivity index (χ0n) is 17.5. The molecule has 1 amide bonds. The van der Waals surface area contributed by atoms with E-state index in [1.54, 1.807) is 6.20 Å². The Morgan fingerprint density at radius 1 is 1.16 bits per heavy atom. The van der Waals surface area contributed by atoms with Crippen molar-refractivity contribution >= 4 is 5.91 Å². The number of benzene rings is 1. The molecule has 0 bridgehead atoms. The van der Waals surface area contributed by atoms with Crippen molar-refractivity contribution in [3.8, 4) is 11.5 Å². The smallest absolute Gasteiger partial charge is 0.256 e. The molecule has 1 spiro atoms. The summed E-state index contributed by atoms with van der Waals surface area (Å²) < 4.78 is 17.4. The molecule has 7 heteroatoms. The van der Waals surface area contributed by atoms with Gasteiger partial charge >= 0.3 is 0 Å². The number of carbonyl (C=O) groups is 1. The first-order valence-corrected chi connectivity index (χ1v) is 11.2. The van der Waals surface area contributed by atoms with Gasteiger partial charge in [-0.05, 0) is 48.1 Å². The van der Waals surface area contributed by atoms with Crippen LogP contribution in [0.4, 0.5) is 0 Å². The summed E-state index contributed by atoms with van der Waals surface area (Å²) >= 11 is 0. The molecule has 1 aromatic heterocycles. The molecule has 6 rings (SSSR count). The van der Waals surface area contributed by atoms with E-state index in [9.17, 15) is 4.79 Å². The second-order valence-electron chi connectivity index (χ2n) is 9.13. The molecule has 2 aromatic rings. The zero-order chi connectivity index (χ0) is 20.8. The highest BCUT2D eigenvalue weighted by atomic mass is 16.7. The van der Waals surface area contributed by atoms with E-state index in [1.807, 2.05) is 24.4 Å². The van der Waals surface area contributed by atoms with Gasteiger partial charge in [0.1, 0.15) is 0 Å². The van der Waals surface area contributed by atoms with Crippen molar-refractivity contribution in [2.24, 2.45) is 5.92 Å². The lowest BCUT2D eigenvalue weighted by Crippen LogP contribution is -2.60. The molecule has 3 fully saturated rings. The molecule has 4 aliphatic rings. The van der Waals surface area contributed by atoms with Gasteiger partial charge < -0.3 is 19.1 Å². The number of carbonyl (C=O) groups excluding carboxylic acids is 1. The first kappa shape index (κ1) is 19.1. The summed E-state index contributed by atoms with van der Waals surface area (Å²) in [6.07, 6.45) is 6.13. The van der Waals surface area contributed by atoms with Crippen LogP contribution in [0.5, 0.6) is 11.5 Å². The van der Waals surface area contributed by atoms with E-state index >= 15 is 0 Å². The fourth-order valence-electron chi connectivity index (χ4n) is 5.21. The number of pyridine rings is 1. The standard InChI is InChI=1S/C24H27N3O4/c28-23-24(31-9-8-27(23)13-17-3-4-17)15-26(14-20(24)19-2-1-7-25-11-19)12-18-5-6-21-22(10-18)30-16-29-21/h1-2,5-7,10-11,17,20H,3-4,8-9,12-16H2/t20-,24-/m0/s1. The van der Waals surface area contributed by atoms with Crippen LogP contribution in [0.15, 0.2) is 42.7 Å². The molecule has 31 heavy (non-hydrogen) atoms. The minimum Gasteiger partial charge on any atom is -0.454 e. The third-order valence-electron chi connectivity index (χ3n) is 6.94. The number of fused-ring (bicyclic) bond motifs is 1. The summed E-state index contributed by atoms with van der Waals surface area (Å²) in [5.41, 5.74) is 1.37. The van der Waals surface area contributed by atoms with E-state index in [0.717, 1.165) is 42.3 Å². The highest BCUT2D eigenvalue weighted by Crippen LogP contribution is 2.43. The van der Waals surface area contributed by atoms with E-state index in [2.05, 4.69) is 26.9 Å². The minimum absolute atomic E-state index is 0.0373. The van der Waals surface area contributed by atoms with Gasteiger partial charge in [-0.25, -0.2) is 0 Å². The topological polar surface area (TPSA) is 64.1 Å². The SMILES string of the molecule is O=C1N(CC2CC2)CCO[C@]12CN(Cc1ccc3c(c1)OCO3)C[C@H]2c1cccnc1. The van der Waals surface area contributed by atoms with Gasteiger partial charge in [0.2, 0.25) is 6.79 Å². The normalized spacial score (nSPS) is 27.9. The lowest BCUT2D eigenvalue weighted by molar-refractivity contribution is -0.172. The molecule has 2 saturated heterocycles. The molecule has 2 atom stereocenters. The highest BCUT2D eigenvalue weighted by molar-refractivity contribution is 5.88. The van der Waals surface area contributed by atoms with Crippen molar-refractivity contribution in [2.45, 2.75) is 30.9 Å². The zero-order valence-corrected chi connectivity index (χ0v) is 17.5. The van der Waals surface area contributed by atoms with Gasteiger partial charge in [0.15, 0.2) is 17.1 Å². The molecular formula is C24H27N3O4. The van der Waals surface area contributed by atoms with Crippen LogP contribution in [0.2, 0.25) is 0 Å². The summed E-state index contributed by atoms with van der Waals surface area (Å²) in [6.45, 7) is 4.49. The summed E-state index contributed by atoms with van der Waals surface area (Å²) in [5.74, 6) is 2.35. The van der Waals surface area contributed by atoms with Gasteiger partial charge in [-0.1, -0.05) is 12.1 Å². The second kappa shape index (κ2) is 7.50. The number of nitrogens with zero attached hydrogens (tertiary/aromatic N) is 3. The van der Waals surface area contributed by atoms with Crippen LogP contribution >= 0.6 is 0 Å². The van der Waals surface area contributed by atoms with Gasteiger partial charge in [-0.2, -0.15) is 0 Å². The molecule has 0 radical (unpaired) electrons.